The van der Waals surface area contributed by atoms with E-state index in [2.05, 4.69) is 5.32 Å². The summed E-state index contributed by atoms with van der Waals surface area (Å²) in [5.74, 6) is -0.793. The van der Waals surface area contributed by atoms with Crippen LogP contribution in [0.5, 0.6) is 0 Å². The van der Waals surface area contributed by atoms with E-state index in [0.29, 0.717) is 32.0 Å². The second kappa shape index (κ2) is 8.26. The lowest BCUT2D eigenvalue weighted by Gasteiger charge is -2.31. The predicted molar refractivity (Wildman–Crippen MR) is 101 cm³/mol. The number of amides is 1. The number of benzene rings is 2. The van der Waals surface area contributed by atoms with Crippen molar-refractivity contribution in [1.29, 1.82) is 0 Å². The predicted octanol–water partition coefficient (Wildman–Crippen LogP) is 4.36. The van der Waals surface area contributed by atoms with Crippen molar-refractivity contribution in [3.63, 3.8) is 0 Å². The molecule has 0 bridgehead atoms. The largest absolute Gasteiger partial charge is 0.416 e. The van der Waals surface area contributed by atoms with Gasteiger partial charge in [-0.05, 0) is 30.3 Å². The molecule has 0 atom stereocenters. The molecule has 154 valence electrons. The number of morpholine rings is 1. The molecule has 1 aliphatic heterocycles. The van der Waals surface area contributed by atoms with Gasteiger partial charge < -0.3 is 15.0 Å². The number of hydrogen-bond acceptors (Lipinski definition) is 5. The molecule has 2 aromatic rings. The van der Waals surface area contributed by atoms with E-state index in [1.54, 1.807) is 4.90 Å². The van der Waals surface area contributed by atoms with Gasteiger partial charge in [0.1, 0.15) is 5.02 Å². The molecule has 0 aliphatic carbocycles. The molecule has 1 aliphatic rings. The zero-order valence-corrected chi connectivity index (χ0v) is 15.6. The summed E-state index contributed by atoms with van der Waals surface area (Å²) in [7, 11) is 0. The second-order valence-electron chi connectivity index (χ2n) is 6.21. The minimum absolute atomic E-state index is 0.0515. The number of carbonyl (C=O) groups excluding carboxylic acids is 1. The van der Waals surface area contributed by atoms with E-state index in [9.17, 15) is 28.1 Å². The minimum atomic E-state index is -4.60. The minimum Gasteiger partial charge on any atom is -0.378 e. The van der Waals surface area contributed by atoms with Crippen LogP contribution in [0.3, 0.4) is 0 Å². The average molecular weight is 430 g/mol. The molecule has 0 spiro atoms. The van der Waals surface area contributed by atoms with Crippen molar-refractivity contribution in [2.75, 3.05) is 36.5 Å². The van der Waals surface area contributed by atoms with Crippen LogP contribution in [0.25, 0.3) is 0 Å². The van der Waals surface area contributed by atoms with Gasteiger partial charge in [0, 0.05) is 24.7 Å². The number of nitrogens with zero attached hydrogens (tertiary/aromatic N) is 2. The lowest BCUT2D eigenvalue weighted by Crippen LogP contribution is -2.36. The summed E-state index contributed by atoms with van der Waals surface area (Å²) < 4.78 is 44.7. The van der Waals surface area contributed by atoms with Gasteiger partial charge >= 0.3 is 6.18 Å². The SMILES string of the molecule is O=C(Nc1cc(C(F)(F)F)ccc1N1CCOCC1)c1ccc(Cl)c([N+](=O)[O-])c1. The van der Waals surface area contributed by atoms with Gasteiger partial charge in [0.15, 0.2) is 0 Å². The molecule has 1 amide bonds. The van der Waals surface area contributed by atoms with Gasteiger partial charge in [-0.1, -0.05) is 11.6 Å². The number of rotatable bonds is 4. The molecule has 0 unspecified atom stereocenters. The number of nitro groups is 1. The Balaban J connectivity index is 1.96. The van der Waals surface area contributed by atoms with E-state index in [-0.39, 0.29) is 16.3 Å². The Hall–Kier alpha value is -2.85. The van der Waals surface area contributed by atoms with Crippen LogP contribution >= 0.6 is 11.6 Å². The highest BCUT2D eigenvalue weighted by Gasteiger charge is 2.32. The average Bonchev–Trinajstić information content (AvgIpc) is 2.68. The fourth-order valence-electron chi connectivity index (χ4n) is 2.88. The summed E-state index contributed by atoms with van der Waals surface area (Å²) in [6.45, 7) is 1.69. The number of halogens is 4. The smallest absolute Gasteiger partial charge is 0.378 e. The van der Waals surface area contributed by atoms with Crippen LogP contribution < -0.4 is 10.2 Å². The number of carbonyl (C=O) groups is 1. The maximum absolute atomic E-state index is 13.2. The van der Waals surface area contributed by atoms with Crippen LogP contribution in [0.15, 0.2) is 36.4 Å². The van der Waals surface area contributed by atoms with Gasteiger partial charge in [0.05, 0.1) is 35.1 Å². The van der Waals surface area contributed by atoms with Gasteiger partial charge in [-0.15, -0.1) is 0 Å². The first kappa shape index (κ1) is 20.9. The maximum Gasteiger partial charge on any atom is 0.416 e. The summed E-state index contributed by atoms with van der Waals surface area (Å²) in [5, 5.41) is 13.3. The van der Waals surface area contributed by atoms with Gasteiger partial charge in [0.2, 0.25) is 0 Å². The van der Waals surface area contributed by atoms with E-state index in [0.717, 1.165) is 18.2 Å². The Kier molecular flexibility index (Phi) is 5.94. The zero-order chi connectivity index (χ0) is 21.2. The molecule has 3 rings (SSSR count). The number of hydrogen-bond donors (Lipinski definition) is 1. The fourth-order valence-corrected chi connectivity index (χ4v) is 3.07. The first-order chi connectivity index (χ1) is 13.7. The fraction of sp³-hybridized carbons (Fsp3) is 0.278. The third kappa shape index (κ3) is 4.77. The molecular formula is C18H15ClF3N3O4. The lowest BCUT2D eigenvalue weighted by molar-refractivity contribution is -0.384. The summed E-state index contributed by atoms with van der Waals surface area (Å²) in [6, 6.07) is 6.48. The number of anilines is 2. The van der Waals surface area contributed by atoms with E-state index < -0.39 is 28.3 Å². The summed E-state index contributed by atoms with van der Waals surface area (Å²) >= 11 is 5.74. The highest BCUT2D eigenvalue weighted by atomic mass is 35.5. The first-order valence-electron chi connectivity index (χ1n) is 8.46. The summed E-state index contributed by atoms with van der Waals surface area (Å²) in [6.07, 6.45) is -4.60. The molecule has 11 heteroatoms. The van der Waals surface area contributed by atoms with E-state index in [1.165, 1.54) is 18.2 Å². The molecule has 29 heavy (non-hydrogen) atoms. The molecule has 2 aromatic carbocycles. The van der Waals surface area contributed by atoms with E-state index in [4.69, 9.17) is 16.3 Å². The van der Waals surface area contributed by atoms with Crippen molar-refractivity contribution in [2.24, 2.45) is 0 Å². The lowest BCUT2D eigenvalue weighted by atomic mass is 10.1. The quantitative estimate of drug-likeness (QED) is 0.576. The number of nitrogens with one attached hydrogen (secondary N) is 1. The Morgan fingerprint density at radius 3 is 2.48 bits per heavy atom. The number of alkyl halides is 3. The van der Waals surface area contributed by atoms with Crippen molar-refractivity contribution in [3.05, 3.63) is 62.7 Å². The van der Waals surface area contributed by atoms with Crippen LogP contribution in [-0.2, 0) is 10.9 Å². The van der Waals surface area contributed by atoms with Crippen LogP contribution in [-0.4, -0.2) is 37.1 Å². The van der Waals surface area contributed by atoms with Crippen LogP contribution in [0.4, 0.5) is 30.2 Å². The summed E-state index contributed by atoms with van der Waals surface area (Å²) in [4.78, 5) is 24.7. The third-order valence-electron chi connectivity index (χ3n) is 4.33. The van der Waals surface area contributed by atoms with Crippen molar-refractivity contribution >= 4 is 34.6 Å². The van der Waals surface area contributed by atoms with Crippen LogP contribution in [0.2, 0.25) is 5.02 Å². The Bertz CT molecular complexity index is 946. The summed E-state index contributed by atoms with van der Waals surface area (Å²) in [5.41, 5.74) is -1.16. The molecule has 0 radical (unpaired) electrons. The van der Waals surface area contributed by atoms with Gasteiger partial charge in [-0.25, -0.2) is 0 Å². The third-order valence-corrected chi connectivity index (χ3v) is 4.65. The standard InChI is InChI=1S/C18H15ClF3N3O4/c19-13-3-1-11(9-16(13)25(27)28)17(26)23-14-10-12(18(20,21)22)2-4-15(14)24-5-7-29-8-6-24/h1-4,9-10H,5-8H2,(H,23,26). The van der Waals surface area contributed by atoms with Crippen molar-refractivity contribution in [1.82, 2.24) is 0 Å². The zero-order valence-electron chi connectivity index (χ0n) is 14.8. The topological polar surface area (TPSA) is 84.7 Å². The Morgan fingerprint density at radius 1 is 1.17 bits per heavy atom. The molecule has 1 saturated heterocycles. The molecule has 0 saturated carbocycles. The molecule has 1 heterocycles. The van der Waals surface area contributed by atoms with Gasteiger partial charge in [0.25, 0.3) is 11.6 Å². The van der Waals surface area contributed by atoms with Crippen molar-refractivity contribution in [3.8, 4) is 0 Å². The molecule has 0 aromatic heterocycles. The van der Waals surface area contributed by atoms with Gasteiger partial charge in [-0.3, -0.25) is 14.9 Å². The van der Waals surface area contributed by atoms with E-state index >= 15 is 0 Å². The molecule has 1 N–H and O–H groups in total. The monoisotopic (exact) mass is 429 g/mol. The van der Waals surface area contributed by atoms with Crippen LogP contribution in [0, 0.1) is 10.1 Å². The normalized spacial score (nSPS) is 14.6. The number of ether oxygens (including phenoxy) is 1. The highest BCUT2D eigenvalue weighted by molar-refractivity contribution is 6.32. The maximum atomic E-state index is 13.2. The Labute approximate surface area is 168 Å². The van der Waals surface area contributed by atoms with Gasteiger partial charge in [-0.2, -0.15) is 13.2 Å². The first-order valence-corrected chi connectivity index (χ1v) is 8.84. The Morgan fingerprint density at radius 2 is 1.86 bits per heavy atom. The molecular weight excluding hydrogens is 415 g/mol. The van der Waals surface area contributed by atoms with Crippen molar-refractivity contribution < 1.29 is 27.6 Å². The van der Waals surface area contributed by atoms with Crippen LogP contribution in [0.1, 0.15) is 15.9 Å². The van der Waals surface area contributed by atoms with E-state index in [1.807, 2.05) is 0 Å². The molecule has 1 fully saturated rings. The number of nitro benzene ring substituents is 1. The molecule has 7 nitrogen and oxygen atoms in total. The highest BCUT2D eigenvalue weighted by Crippen LogP contribution is 2.36. The second-order valence-corrected chi connectivity index (χ2v) is 6.61. The van der Waals surface area contributed by atoms with Crippen molar-refractivity contribution in [2.45, 2.75) is 6.18 Å².